The molecule has 0 bridgehead atoms. The topological polar surface area (TPSA) is 401 Å². The lowest BCUT2D eigenvalue weighted by Gasteiger charge is -2.29. The number of aliphatic carboxylic acids is 1. The molecule has 0 aliphatic heterocycles. The molecule has 0 heterocycles. The van der Waals surface area contributed by atoms with Crippen molar-refractivity contribution in [1.82, 2.24) is 26.6 Å². The maximum absolute atomic E-state index is 13.8. The molecule has 0 aromatic carbocycles. The summed E-state index contributed by atoms with van der Waals surface area (Å²) >= 11 is 1.50. The van der Waals surface area contributed by atoms with Gasteiger partial charge in [0.2, 0.25) is 35.4 Å². The Labute approximate surface area is 324 Å². The average molecular weight is 804 g/mol. The van der Waals surface area contributed by atoms with Crippen molar-refractivity contribution in [3.63, 3.8) is 0 Å². The van der Waals surface area contributed by atoms with E-state index >= 15 is 0 Å². The van der Waals surface area contributed by atoms with E-state index in [1.54, 1.807) is 13.8 Å². The molecular weight excluding hydrogens is 743 g/mol. The van der Waals surface area contributed by atoms with Crippen LogP contribution in [0.1, 0.15) is 72.1 Å². The van der Waals surface area contributed by atoms with Gasteiger partial charge in [0.1, 0.15) is 24.2 Å². The Morgan fingerprint density at radius 1 is 0.655 bits per heavy atom. The molecule has 22 nitrogen and oxygen atoms in total. The van der Waals surface area contributed by atoms with Gasteiger partial charge in [-0.1, -0.05) is 20.3 Å². The zero-order valence-corrected chi connectivity index (χ0v) is 32.7. The van der Waals surface area contributed by atoms with Gasteiger partial charge in [0.15, 0.2) is 18.0 Å². The normalized spacial score (nSPS) is 15.2. The van der Waals surface area contributed by atoms with E-state index in [2.05, 4.69) is 36.6 Å². The van der Waals surface area contributed by atoms with Crippen molar-refractivity contribution in [3.05, 3.63) is 0 Å². The maximum atomic E-state index is 13.8. The Balaban J connectivity index is 6.41. The van der Waals surface area contributed by atoms with Crippen LogP contribution in [0.3, 0.4) is 0 Å². The smallest absolute Gasteiger partial charge is 0.328 e. The quantitative estimate of drug-likeness (QED) is 0.0201. The third-order valence-electron chi connectivity index (χ3n) is 8.28. The van der Waals surface area contributed by atoms with Crippen LogP contribution < -0.4 is 61.0 Å². The van der Waals surface area contributed by atoms with Gasteiger partial charge in [-0.25, -0.2) is 4.79 Å². The Hall–Kier alpha value is -4.90. The number of nitrogens with zero attached hydrogens (tertiary/aromatic N) is 2. The van der Waals surface area contributed by atoms with Crippen LogP contribution in [0.15, 0.2) is 9.98 Å². The first-order valence-electron chi connectivity index (χ1n) is 17.8. The summed E-state index contributed by atoms with van der Waals surface area (Å²) in [5.74, 6) is -6.70. The Kier molecular flexibility index (Phi) is 24.4. The summed E-state index contributed by atoms with van der Waals surface area (Å²) in [4.78, 5) is 98.4. The Bertz CT molecular complexity index is 1340. The van der Waals surface area contributed by atoms with Crippen molar-refractivity contribution < 1.29 is 43.8 Å². The zero-order chi connectivity index (χ0) is 42.2. The third-order valence-corrected chi connectivity index (χ3v) is 8.92. The molecule has 6 amide bonds. The van der Waals surface area contributed by atoms with Crippen LogP contribution in [0.4, 0.5) is 0 Å². The number of aliphatic hydroxyl groups excluding tert-OH is 1. The summed E-state index contributed by atoms with van der Waals surface area (Å²) in [6.07, 6.45) is 0.764. The number of nitrogens with two attached hydrogens (primary N) is 6. The monoisotopic (exact) mass is 803 g/mol. The molecule has 0 rings (SSSR count). The summed E-state index contributed by atoms with van der Waals surface area (Å²) in [7, 11) is 0. The number of nitrogens with one attached hydrogen (secondary N) is 5. The van der Waals surface area contributed by atoms with Crippen LogP contribution in [0.2, 0.25) is 0 Å². The highest BCUT2D eigenvalue weighted by Gasteiger charge is 2.35. The zero-order valence-electron chi connectivity index (χ0n) is 31.9. The highest BCUT2D eigenvalue weighted by molar-refractivity contribution is 7.98. The largest absolute Gasteiger partial charge is 0.480 e. The molecule has 19 N–H and O–H groups in total. The van der Waals surface area contributed by atoms with E-state index in [0.29, 0.717) is 18.6 Å². The number of rotatable bonds is 28. The lowest BCUT2D eigenvalue weighted by molar-refractivity contribution is -0.145. The molecule has 0 unspecified atom stereocenters. The van der Waals surface area contributed by atoms with E-state index < -0.39 is 89.7 Å². The number of aliphatic hydroxyl groups is 1. The van der Waals surface area contributed by atoms with Gasteiger partial charge in [-0.3, -0.25) is 38.8 Å². The van der Waals surface area contributed by atoms with Gasteiger partial charge in [-0.15, -0.1) is 0 Å². The number of amides is 6. The lowest BCUT2D eigenvalue weighted by atomic mass is 9.96. The number of hydrogen-bond acceptors (Lipinski definition) is 12. The molecule has 0 saturated carbocycles. The van der Waals surface area contributed by atoms with Crippen LogP contribution in [0.25, 0.3) is 0 Å². The molecular formula is C32H61N13O9S. The Morgan fingerprint density at radius 2 is 1.09 bits per heavy atom. The van der Waals surface area contributed by atoms with Crippen molar-refractivity contribution in [1.29, 1.82) is 0 Å². The minimum absolute atomic E-state index is 0.0400. The molecule has 55 heavy (non-hydrogen) atoms. The molecule has 0 fully saturated rings. The van der Waals surface area contributed by atoms with Crippen LogP contribution >= 0.6 is 11.8 Å². The van der Waals surface area contributed by atoms with Gasteiger partial charge >= 0.3 is 5.97 Å². The van der Waals surface area contributed by atoms with Crippen LogP contribution in [-0.4, -0.2) is 131 Å². The molecule has 0 aromatic heterocycles. The highest BCUT2D eigenvalue weighted by atomic mass is 32.2. The number of carbonyl (C=O) groups excluding carboxylic acids is 6. The van der Waals surface area contributed by atoms with E-state index in [0.717, 1.165) is 6.92 Å². The first-order chi connectivity index (χ1) is 25.7. The second-order valence-electron chi connectivity index (χ2n) is 12.9. The van der Waals surface area contributed by atoms with Crippen LogP contribution in [-0.2, 0) is 33.6 Å². The number of hydrogen-bond donors (Lipinski definition) is 13. The first kappa shape index (κ1) is 50.1. The highest BCUT2D eigenvalue weighted by Crippen LogP contribution is 2.12. The van der Waals surface area contributed by atoms with Gasteiger partial charge in [-0.05, 0) is 63.4 Å². The number of aliphatic imine (C=N–C) groups is 2. The lowest BCUT2D eigenvalue weighted by Crippen LogP contribution is -2.60. The van der Waals surface area contributed by atoms with E-state index in [4.69, 9.17) is 34.4 Å². The summed E-state index contributed by atoms with van der Waals surface area (Å²) in [6, 6.07) is -7.92. The fourth-order valence-electron chi connectivity index (χ4n) is 4.89. The van der Waals surface area contributed by atoms with Gasteiger partial charge in [0, 0.05) is 19.5 Å². The molecule has 0 aliphatic carbocycles. The standard InChI is InChI=1S/C32H61N13O9S/c1-5-16(2)23(44-27(50)19(8-6-13-39-31(35)36)41-25(48)18(33)12-15-55-4)29(52)43-21(10-11-22(34)47)26(49)42-20(9-7-14-40-32(37)38)28(51)45-24(17(3)46)30(53)54/h16-21,23-24,46H,5-15,33H2,1-4H3,(H2,34,47)(H,41,48)(H,42,49)(H,43,52)(H,44,50)(H,45,51)(H,53,54)(H4,35,36,39)(H4,37,38,40)/t16-,17+,18-,19-,20-,21-,23-,24-/m0/s1. The predicted molar refractivity (Wildman–Crippen MR) is 208 cm³/mol. The molecule has 8 atom stereocenters. The number of carbonyl (C=O) groups is 7. The van der Waals surface area contributed by atoms with Crippen molar-refractivity contribution in [2.45, 2.75) is 114 Å². The minimum atomic E-state index is -1.72. The van der Waals surface area contributed by atoms with Crippen molar-refractivity contribution in [2.24, 2.45) is 50.3 Å². The van der Waals surface area contributed by atoms with E-state index in [1.807, 2.05) is 6.26 Å². The number of primary amides is 1. The summed E-state index contributed by atoms with van der Waals surface area (Å²) in [5, 5.41) is 31.8. The van der Waals surface area contributed by atoms with Crippen molar-refractivity contribution in [3.8, 4) is 0 Å². The Morgan fingerprint density at radius 3 is 1.51 bits per heavy atom. The van der Waals surface area contributed by atoms with Crippen molar-refractivity contribution in [2.75, 3.05) is 25.1 Å². The van der Waals surface area contributed by atoms with E-state index in [9.17, 15) is 43.8 Å². The molecule has 0 spiro atoms. The third kappa shape index (κ3) is 21.0. The fraction of sp³-hybridized carbons (Fsp3) is 0.719. The molecule has 314 valence electrons. The number of thioether (sulfide) groups is 1. The second kappa shape index (κ2) is 26.8. The van der Waals surface area contributed by atoms with Gasteiger partial charge < -0.3 is 71.2 Å². The maximum Gasteiger partial charge on any atom is 0.328 e. The number of carboxylic acids is 1. The molecule has 0 radical (unpaired) electrons. The SMILES string of the molecule is CC[C@H](C)[C@H](NC(=O)[C@H](CCCN=C(N)N)NC(=O)[C@@H](N)CCSC)C(=O)N[C@@H](CCC(N)=O)C(=O)N[C@@H](CCCN=C(N)N)C(=O)N[C@H](C(=O)O)[C@@H](C)O. The van der Waals surface area contributed by atoms with Gasteiger partial charge in [-0.2, -0.15) is 11.8 Å². The summed E-state index contributed by atoms with van der Waals surface area (Å²) < 4.78 is 0. The average Bonchev–Trinajstić information content (AvgIpc) is 3.11. The fourth-order valence-corrected chi connectivity index (χ4v) is 5.38. The minimum Gasteiger partial charge on any atom is -0.480 e. The first-order valence-corrected chi connectivity index (χ1v) is 19.2. The number of guanidine groups is 2. The van der Waals surface area contributed by atoms with Gasteiger partial charge in [0.05, 0.1) is 12.1 Å². The molecule has 23 heteroatoms. The second-order valence-corrected chi connectivity index (χ2v) is 13.9. The van der Waals surface area contributed by atoms with Gasteiger partial charge in [0.25, 0.3) is 0 Å². The molecule has 0 aromatic rings. The summed E-state index contributed by atoms with van der Waals surface area (Å²) in [5.41, 5.74) is 32.9. The van der Waals surface area contributed by atoms with Crippen molar-refractivity contribution >= 4 is 65.1 Å². The van der Waals surface area contributed by atoms with E-state index in [1.165, 1.54) is 11.8 Å². The molecule has 0 aliphatic rings. The van der Waals surface area contributed by atoms with E-state index in [-0.39, 0.29) is 63.5 Å². The van der Waals surface area contributed by atoms with Crippen LogP contribution in [0, 0.1) is 5.92 Å². The molecule has 0 saturated heterocycles. The van der Waals surface area contributed by atoms with Crippen LogP contribution in [0.5, 0.6) is 0 Å². The predicted octanol–water partition coefficient (Wildman–Crippen LogP) is -4.63. The number of carboxylic acid groups (broad SMARTS) is 1. The summed E-state index contributed by atoms with van der Waals surface area (Å²) in [6.45, 7) is 4.77.